The van der Waals surface area contributed by atoms with Crippen molar-refractivity contribution in [3.05, 3.63) is 34.9 Å². The van der Waals surface area contributed by atoms with Crippen LogP contribution < -0.4 is 11.1 Å². The molecule has 0 aromatic heterocycles. The van der Waals surface area contributed by atoms with Gasteiger partial charge in [-0.3, -0.25) is 9.59 Å². The predicted molar refractivity (Wildman–Crippen MR) is 107 cm³/mol. The minimum absolute atomic E-state index is 0.0412. The van der Waals surface area contributed by atoms with E-state index in [0.29, 0.717) is 23.6 Å². The average molecular weight is 446 g/mol. The number of amides is 3. The smallest absolute Gasteiger partial charge is 0.312 e. The van der Waals surface area contributed by atoms with Crippen molar-refractivity contribution < 1.29 is 27.5 Å². The van der Waals surface area contributed by atoms with Crippen LogP contribution in [0.25, 0.3) is 0 Å². The molecule has 1 aliphatic heterocycles. The van der Waals surface area contributed by atoms with Gasteiger partial charge in [-0.1, -0.05) is 29.8 Å². The van der Waals surface area contributed by atoms with Gasteiger partial charge < -0.3 is 20.7 Å². The maximum absolute atomic E-state index is 12.4. The van der Waals surface area contributed by atoms with Crippen LogP contribution in [0.2, 0.25) is 5.02 Å². The van der Waals surface area contributed by atoms with Gasteiger partial charge in [0.15, 0.2) is 16.4 Å². The molecule has 1 fully saturated rings. The molecule has 1 saturated heterocycles. The summed E-state index contributed by atoms with van der Waals surface area (Å²) in [5, 5.41) is 2.78. The molecule has 3 amide bonds. The van der Waals surface area contributed by atoms with Gasteiger partial charge in [-0.25, -0.2) is 13.2 Å². The molecule has 2 rings (SSSR count). The van der Waals surface area contributed by atoms with Crippen molar-refractivity contribution in [2.45, 2.75) is 31.8 Å². The second-order valence-corrected chi connectivity index (χ2v) is 9.32. The zero-order valence-electron chi connectivity index (χ0n) is 16.0. The van der Waals surface area contributed by atoms with Crippen LogP contribution in [-0.2, 0) is 24.2 Å². The second-order valence-electron chi connectivity index (χ2n) is 6.68. The Kier molecular flexibility index (Phi) is 7.86. The monoisotopic (exact) mass is 445 g/mol. The predicted octanol–water partition coefficient (Wildman–Crippen LogP) is 1.02. The van der Waals surface area contributed by atoms with E-state index in [9.17, 15) is 22.8 Å². The highest BCUT2D eigenvalue weighted by atomic mass is 35.5. The summed E-state index contributed by atoms with van der Waals surface area (Å²) in [4.78, 5) is 37.3. The third-order valence-corrected chi connectivity index (χ3v) is 6.73. The number of likely N-dealkylation sites (N-methyl/N-ethyl adjacent to an activating group) is 1. The van der Waals surface area contributed by atoms with Gasteiger partial charge in [0.2, 0.25) is 0 Å². The Morgan fingerprint density at radius 1 is 1.34 bits per heavy atom. The Morgan fingerprint density at radius 2 is 2.03 bits per heavy atom. The molecule has 9 nitrogen and oxygen atoms in total. The first-order valence-electron chi connectivity index (χ1n) is 9.09. The van der Waals surface area contributed by atoms with Gasteiger partial charge in [-0.15, -0.1) is 0 Å². The van der Waals surface area contributed by atoms with Crippen molar-refractivity contribution in [3.8, 4) is 0 Å². The summed E-state index contributed by atoms with van der Waals surface area (Å²) in [5.41, 5.74) is 5.66. The molecule has 0 radical (unpaired) electrons. The van der Waals surface area contributed by atoms with Crippen LogP contribution in [0.4, 0.5) is 4.79 Å². The lowest BCUT2D eigenvalue weighted by Crippen LogP contribution is -2.43. The number of rotatable bonds is 8. The number of hydrogen-bond acceptors (Lipinski definition) is 6. The van der Waals surface area contributed by atoms with Crippen LogP contribution in [0, 0.1) is 0 Å². The average Bonchev–Trinajstić information content (AvgIpc) is 2.99. The number of ether oxygens (including phenoxy) is 1. The van der Waals surface area contributed by atoms with Crippen LogP contribution in [0.5, 0.6) is 0 Å². The molecule has 1 aromatic carbocycles. The van der Waals surface area contributed by atoms with Crippen molar-refractivity contribution in [1.82, 2.24) is 10.2 Å². The van der Waals surface area contributed by atoms with Crippen molar-refractivity contribution in [2.75, 3.05) is 24.7 Å². The molecule has 160 valence electrons. The van der Waals surface area contributed by atoms with Gasteiger partial charge >= 0.3 is 12.0 Å². The SMILES string of the molecule is CCN(C(=O)COC(=O)C[C@H](NC(N)=O)c1ccccc1Cl)[C@H]1CCS(=O)(=O)C1. The lowest BCUT2D eigenvalue weighted by molar-refractivity contribution is -0.153. The number of primary amides is 1. The number of halogens is 1. The van der Waals surface area contributed by atoms with Crippen molar-refractivity contribution in [3.63, 3.8) is 0 Å². The van der Waals surface area contributed by atoms with Crippen molar-refractivity contribution in [1.29, 1.82) is 0 Å². The number of nitrogens with zero attached hydrogens (tertiary/aromatic N) is 1. The first kappa shape index (κ1) is 23.0. The Labute approximate surface area is 174 Å². The number of sulfone groups is 1. The fourth-order valence-electron chi connectivity index (χ4n) is 3.28. The van der Waals surface area contributed by atoms with Crippen LogP contribution >= 0.6 is 11.6 Å². The Morgan fingerprint density at radius 3 is 2.59 bits per heavy atom. The van der Waals surface area contributed by atoms with E-state index in [1.807, 2.05) is 0 Å². The summed E-state index contributed by atoms with van der Waals surface area (Å²) in [7, 11) is -3.14. The first-order valence-corrected chi connectivity index (χ1v) is 11.3. The molecule has 2 atom stereocenters. The minimum Gasteiger partial charge on any atom is -0.455 e. The topological polar surface area (TPSA) is 136 Å². The van der Waals surface area contributed by atoms with E-state index in [1.165, 1.54) is 4.90 Å². The highest BCUT2D eigenvalue weighted by Gasteiger charge is 2.34. The summed E-state index contributed by atoms with van der Waals surface area (Å²) in [6, 6.07) is 4.58. The van der Waals surface area contributed by atoms with Crippen LogP contribution in [-0.4, -0.2) is 61.9 Å². The van der Waals surface area contributed by atoms with Crippen LogP contribution in [0.1, 0.15) is 31.4 Å². The number of carbonyl (C=O) groups is 3. The fraction of sp³-hybridized carbons (Fsp3) is 0.500. The molecule has 1 heterocycles. The van der Waals surface area contributed by atoms with E-state index in [1.54, 1.807) is 31.2 Å². The van der Waals surface area contributed by atoms with Gasteiger partial charge in [0.1, 0.15) is 0 Å². The summed E-state index contributed by atoms with van der Waals surface area (Å²) >= 11 is 6.12. The Balaban J connectivity index is 1.96. The fourth-order valence-corrected chi connectivity index (χ4v) is 5.28. The number of nitrogens with one attached hydrogen (secondary N) is 1. The Bertz CT molecular complexity index is 876. The lowest BCUT2D eigenvalue weighted by atomic mass is 10.0. The molecule has 1 aliphatic rings. The largest absolute Gasteiger partial charge is 0.455 e. The van der Waals surface area contributed by atoms with Gasteiger partial charge in [0, 0.05) is 17.6 Å². The van der Waals surface area contributed by atoms with E-state index in [4.69, 9.17) is 22.1 Å². The van der Waals surface area contributed by atoms with E-state index in [0.717, 1.165) is 0 Å². The van der Waals surface area contributed by atoms with Gasteiger partial charge in [0.25, 0.3) is 5.91 Å². The summed E-state index contributed by atoms with van der Waals surface area (Å²) < 4.78 is 28.3. The number of nitrogens with two attached hydrogens (primary N) is 1. The van der Waals surface area contributed by atoms with E-state index >= 15 is 0 Å². The van der Waals surface area contributed by atoms with E-state index in [-0.39, 0.29) is 17.9 Å². The molecular formula is C18H24ClN3O6S. The van der Waals surface area contributed by atoms with Crippen LogP contribution in [0.15, 0.2) is 24.3 Å². The van der Waals surface area contributed by atoms with Crippen LogP contribution in [0.3, 0.4) is 0 Å². The van der Waals surface area contributed by atoms with Gasteiger partial charge in [-0.2, -0.15) is 0 Å². The summed E-state index contributed by atoms with van der Waals surface area (Å²) in [6.45, 7) is 1.52. The third-order valence-electron chi connectivity index (χ3n) is 4.63. The molecule has 0 unspecified atom stereocenters. The molecule has 0 spiro atoms. The molecule has 11 heteroatoms. The molecule has 3 N–H and O–H groups in total. The molecule has 0 aliphatic carbocycles. The van der Waals surface area contributed by atoms with Crippen molar-refractivity contribution in [2.24, 2.45) is 5.73 Å². The maximum atomic E-state index is 12.4. The number of esters is 1. The summed E-state index contributed by atoms with van der Waals surface area (Å²) in [5.74, 6) is -1.25. The van der Waals surface area contributed by atoms with E-state index < -0.39 is 46.4 Å². The summed E-state index contributed by atoms with van der Waals surface area (Å²) in [6.07, 6.45) is 0.0941. The lowest BCUT2D eigenvalue weighted by Gasteiger charge is -2.26. The van der Waals surface area contributed by atoms with Crippen molar-refractivity contribution >= 4 is 39.3 Å². The van der Waals surface area contributed by atoms with Gasteiger partial charge in [0.05, 0.1) is 24.0 Å². The second kappa shape index (κ2) is 9.93. The standard InChI is InChI=1S/C18H24ClN3O6S/c1-2-22(12-7-8-29(26,27)11-12)16(23)10-28-17(24)9-15(21-18(20)25)13-5-3-4-6-14(13)19/h3-6,12,15H,2,7-11H2,1H3,(H3,20,21,25)/t12-,15-/m0/s1. The Hall–Kier alpha value is -2.33. The normalized spacial score (nSPS) is 18.6. The highest BCUT2D eigenvalue weighted by molar-refractivity contribution is 7.91. The number of urea groups is 1. The quantitative estimate of drug-likeness (QED) is 0.573. The number of hydrogen-bond donors (Lipinski definition) is 2. The molecule has 29 heavy (non-hydrogen) atoms. The maximum Gasteiger partial charge on any atom is 0.312 e. The molecule has 1 aromatic rings. The number of carbonyl (C=O) groups excluding carboxylic acids is 3. The molecular weight excluding hydrogens is 422 g/mol. The number of benzene rings is 1. The first-order chi connectivity index (χ1) is 13.6. The molecule has 0 bridgehead atoms. The third kappa shape index (κ3) is 6.60. The highest BCUT2D eigenvalue weighted by Crippen LogP contribution is 2.25. The van der Waals surface area contributed by atoms with Gasteiger partial charge in [-0.05, 0) is 25.0 Å². The minimum atomic E-state index is -3.14. The molecule has 0 saturated carbocycles. The zero-order valence-corrected chi connectivity index (χ0v) is 17.5. The zero-order chi connectivity index (χ0) is 21.6. The van der Waals surface area contributed by atoms with E-state index in [2.05, 4.69) is 5.32 Å².